The summed E-state index contributed by atoms with van der Waals surface area (Å²) in [5.41, 5.74) is 0.532. The van der Waals surface area contributed by atoms with Gasteiger partial charge in [-0.3, -0.25) is 9.59 Å². The molecule has 3 nitrogen and oxygen atoms in total. The molecule has 1 saturated heterocycles. The van der Waals surface area contributed by atoms with Crippen LogP contribution < -0.4 is 0 Å². The van der Waals surface area contributed by atoms with Crippen molar-refractivity contribution in [2.45, 2.75) is 57.0 Å². The fourth-order valence-corrected chi connectivity index (χ4v) is 4.14. The van der Waals surface area contributed by atoms with E-state index in [0.717, 1.165) is 37.7 Å². The first kappa shape index (κ1) is 15.5. The van der Waals surface area contributed by atoms with Gasteiger partial charge in [0.05, 0.1) is 0 Å². The van der Waals surface area contributed by atoms with Crippen LogP contribution in [0.1, 0.15) is 50.5 Å². The van der Waals surface area contributed by atoms with Crippen LogP contribution in [0.5, 0.6) is 0 Å². The van der Waals surface area contributed by atoms with Gasteiger partial charge < -0.3 is 4.74 Å². The third-order valence-corrected chi connectivity index (χ3v) is 5.22. The Balaban J connectivity index is 1.79. The molecule has 0 N–H and O–H groups in total. The third kappa shape index (κ3) is 3.35. The molecule has 22 heavy (non-hydrogen) atoms. The molecule has 2 aliphatic rings. The highest BCUT2D eigenvalue weighted by molar-refractivity contribution is 6.30. The largest absolute Gasteiger partial charge is 0.458 e. The average molecular weight is 321 g/mol. The van der Waals surface area contributed by atoms with Gasteiger partial charge in [0.2, 0.25) is 0 Å². The molecule has 0 amide bonds. The summed E-state index contributed by atoms with van der Waals surface area (Å²) in [4.78, 5) is 23.8. The fourth-order valence-electron chi connectivity index (χ4n) is 3.93. The van der Waals surface area contributed by atoms with Crippen molar-refractivity contribution >= 4 is 23.4 Å². The highest BCUT2D eigenvalue weighted by atomic mass is 35.5. The number of rotatable bonds is 4. The summed E-state index contributed by atoms with van der Waals surface area (Å²) in [5.74, 6) is -0.0108. The second kappa shape index (κ2) is 6.41. The molecule has 1 aliphatic heterocycles. The number of esters is 1. The van der Waals surface area contributed by atoms with Gasteiger partial charge in [-0.25, -0.2) is 0 Å². The van der Waals surface area contributed by atoms with E-state index in [-0.39, 0.29) is 18.2 Å². The Morgan fingerprint density at radius 3 is 2.68 bits per heavy atom. The molecule has 2 fully saturated rings. The molecular formula is C18H21ClO3. The molecule has 1 heterocycles. The number of hydrogen-bond donors (Lipinski definition) is 0. The smallest absolute Gasteiger partial charge is 0.313 e. The van der Waals surface area contributed by atoms with E-state index >= 15 is 0 Å². The molecule has 1 atom stereocenters. The van der Waals surface area contributed by atoms with E-state index < -0.39 is 5.60 Å². The molecule has 1 saturated carbocycles. The van der Waals surface area contributed by atoms with Crippen molar-refractivity contribution in [3.63, 3.8) is 0 Å². The zero-order chi connectivity index (χ0) is 15.6. The van der Waals surface area contributed by atoms with Crippen molar-refractivity contribution in [2.75, 3.05) is 0 Å². The summed E-state index contributed by atoms with van der Waals surface area (Å²) in [6.07, 6.45) is 6.22. The molecule has 118 valence electrons. The van der Waals surface area contributed by atoms with Gasteiger partial charge in [-0.05, 0) is 49.3 Å². The monoisotopic (exact) mass is 320 g/mol. The maximum atomic E-state index is 12.0. The summed E-state index contributed by atoms with van der Waals surface area (Å²) >= 11 is 6.04. The van der Waals surface area contributed by atoms with Crippen molar-refractivity contribution in [3.05, 3.63) is 34.9 Å². The van der Waals surface area contributed by atoms with Crippen molar-refractivity contribution in [1.29, 1.82) is 0 Å². The number of benzene rings is 1. The van der Waals surface area contributed by atoms with Crippen molar-refractivity contribution in [1.82, 2.24) is 0 Å². The highest BCUT2D eigenvalue weighted by Gasteiger charge is 2.47. The molecule has 1 unspecified atom stereocenters. The topological polar surface area (TPSA) is 43.4 Å². The number of ketones is 1. The lowest BCUT2D eigenvalue weighted by molar-refractivity contribution is -0.178. The average Bonchev–Trinajstić information content (AvgIpc) is 2.99. The number of hydrogen-bond acceptors (Lipinski definition) is 3. The molecule has 0 aromatic heterocycles. The Kier molecular flexibility index (Phi) is 4.53. The Bertz CT molecular complexity index is 559. The van der Waals surface area contributed by atoms with E-state index in [4.69, 9.17) is 16.3 Å². The van der Waals surface area contributed by atoms with Gasteiger partial charge >= 0.3 is 5.97 Å². The summed E-state index contributed by atoms with van der Waals surface area (Å²) in [6, 6.07) is 7.75. The Labute approximate surface area is 136 Å². The first-order valence-corrected chi connectivity index (χ1v) is 8.43. The molecule has 1 aromatic carbocycles. The number of Topliss-reactive ketones (excluding diaryl/α,β-unsaturated/α-hetero) is 1. The number of halogens is 1. The van der Waals surface area contributed by atoms with Crippen LogP contribution in [0, 0.1) is 5.92 Å². The van der Waals surface area contributed by atoms with E-state index in [9.17, 15) is 9.59 Å². The van der Waals surface area contributed by atoms with Crippen molar-refractivity contribution < 1.29 is 14.3 Å². The Morgan fingerprint density at radius 1 is 1.23 bits per heavy atom. The van der Waals surface area contributed by atoms with Gasteiger partial charge in [-0.2, -0.15) is 0 Å². The van der Waals surface area contributed by atoms with Gasteiger partial charge in [0.25, 0.3) is 0 Å². The highest BCUT2D eigenvalue weighted by Crippen LogP contribution is 2.43. The molecule has 0 spiro atoms. The van der Waals surface area contributed by atoms with Crippen LogP contribution in [-0.4, -0.2) is 17.4 Å². The number of carbonyl (C=O) groups excluding carboxylic acids is 2. The zero-order valence-corrected chi connectivity index (χ0v) is 13.4. The van der Waals surface area contributed by atoms with E-state index in [1.165, 1.54) is 0 Å². The van der Waals surface area contributed by atoms with E-state index in [1.54, 1.807) is 0 Å². The van der Waals surface area contributed by atoms with Crippen LogP contribution in [0.3, 0.4) is 0 Å². The summed E-state index contributed by atoms with van der Waals surface area (Å²) in [5, 5.41) is 0.712. The summed E-state index contributed by atoms with van der Waals surface area (Å²) in [7, 11) is 0. The second-order valence-electron chi connectivity index (χ2n) is 6.54. The minimum Gasteiger partial charge on any atom is -0.458 e. The number of carbonyl (C=O) groups is 2. The SMILES string of the molecule is O=C1CC(=O)OC(CCc2cccc(Cl)c2)(C2CCCC2)C1. The lowest BCUT2D eigenvalue weighted by atomic mass is 9.76. The lowest BCUT2D eigenvalue weighted by Crippen LogP contribution is -2.48. The lowest BCUT2D eigenvalue weighted by Gasteiger charge is -2.41. The molecule has 3 rings (SSSR count). The molecule has 0 bridgehead atoms. The van der Waals surface area contributed by atoms with Gasteiger partial charge in [0, 0.05) is 11.4 Å². The number of aryl methyl sites for hydroxylation is 1. The van der Waals surface area contributed by atoms with Crippen LogP contribution in [0.25, 0.3) is 0 Å². The van der Waals surface area contributed by atoms with Crippen LogP contribution in [0.4, 0.5) is 0 Å². The second-order valence-corrected chi connectivity index (χ2v) is 6.98. The maximum Gasteiger partial charge on any atom is 0.313 e. The third-order valence-electron chi connectivity index (χ3n) is 4.98. The molecule has 1 aromatic rings. The predicted octanol–water partition coefficient (Wildman–Crippen LogP) is 4.11. The van der Waals surface area contributed by atoms with E-state index in [0.29, 0.717) is 23.8 Å². The van der Waals surface area contributed by atoms with Crippen LogP contribution >= 0.6 is 11.6 Å². The molecule has 0 radical (unpaired) electrons. The van der Waals surface area contributed by atoms with E-state index in [2.05, 4.69) is 0 Å². The fraction of sp³-hybridized carbons (Fsp3) is 0.556. The Hall–Kier alpha value is -1.35. The normalized spacial score (nSPS) is 26.2. The zero-order valence-electron chi connectivity index (χ0n) is 12.6. The minimum absolute atomic E-state index is 0.0224. The standard InChI is InChI=1S/C18H21ClO3/c19-15-7-3-4-13(10-15)8-9-18(14-5-1-2-6-14)12-16(20)11-17(21)22-18/h3-4,7,10,14H,1-2,5-6,8-9,11-12H2. The predicted molar refractivity (Wildman–Crippen MR) is 84.8 cm³/mol. The summed E-state index contributed by atoms with van der Waals surface area (Å²) in [6.45, 7) is 0. The summed E-state index contributed by atoms with van der Waals surface area (Å²) < 4.78 is 5.79. The van der Waals surface area contributed by atoms with Crippen LogP contribution in [0.2, 0.25) is 5.02 Å². The number of ether oxygens (including phenoxy) is 1. The van der Waals surface area contributed by atoms with Gasteiger partial charge in [0.1, 0.15) is 17.8 Å². The van der Waals surface area contributed by atoms with E-state index in [1.807, 2.05) is 24.3 Å². The number of cyclic esters (lactones) is 1. The first-order valence-electron chi connectivity index (χ1n) is 8.05. The van der Waals surface area contributed by atoms with Gasteiger partial charge in [-0.1, -0.05) is 36.6 Å². The molecule has 4 heteroatoms. The van der Waals surface area contributed by atoms with Crippen molar-refractivity contribution in [3.8, 4) is 0 Å². The maximum absolute atomic E-state index is 12.0. The Morgan fingerprint density at radius 2 is 2.00 bits per heavy atom. The van der Waals surface area contributed by atoms with Gasteiger partial charge in [0.15, 0.2) is 0 Å². The first-order chi connectivity index (χ1) is 10.6. The van der Waals surface area contributed by atoms with Crippen LogP contribution in [0.15, 0.2) is 24.3 Å². The molecular weight excluding hydrogens is 300 g/mol. The quantitative estimate of drug-likeness (QED) is 0.619. The van der Waals surface area contributed by atoms with Crippen molar-refractivity contribution in [2.24, 2.45) is 5.92 Å². The van der Waals surface area contributed by atoms with Crippen LogP contribution in [-0.2, 0) is 20.7 Å². The van der Waals surface area contributed by atoms with Gasteiger partial charge in [-0.15, -0.1) is 0 Å². The molecule has 1 aliphatic carbocycles. The minimum atomic E-state index is -0.592.